The van der Waals surface area contributed by atoms with Crippen LogP contribution in [0.3, 0.4) is 0 Å². The number of sulfonamides is 1. The van der Waals surface area contributed by atoms with E-state index in [-0.39, 0.29) is 23.6 Å². The molecule has 1 saturated carbocycles. The Kier molecular flexibility index (Phi) is 4.71. The van der Waals surface area contributed by atoms with Crippen LogP contribution in [0.15, 0.2) is 0 Å². The maximum Gasteiger partial charge on any atom is 0.223 e. The van der Waals surface area contributed by atoms with Crippen LogP contribution in [0.1, 0.15) is 32.1 Å². The van der Waals surface area contributed by atoms with Gasteiger partial charge in [-0.2, -0.15) is 0 Å². The molecule has 1 atom stereocenters. The topological polar surface area (TPSA) is 83.7 Å². The smallest absolute Gasteiger partial charge is 0.223 e. The quantitative estimate of drug-likeness (QED) is 0.792. The lowest BCUT2D eigenvalue weighted by atomic mass is 9.89. The molecule has 1 saturated heterocycles. The summed E-state index contributed by atoms with van der Waals surface area (Å²) in [7, 11) is 0.692. The molecule has 2 rings (SSSR count). The average molecular weight is 303 g/mol. The molecule has 2 N–H and O–H groups in total. The van der Waals surface area contributed by atoms with E-state index in [1.807, 2.05) is 4.90 Å². The molecule has 0 aromatic carbocycles. The number of nitrogens with zero attached hydrogens (tertiary/aromatic N) is 2. The minimum Gasteiger partial charge on any atom is -0.339 e. The van der Waals surface area contributed by atoms with E-state index in [1.54, 1.807) is 0 Å². The van der Waals surface area contributed by atoms with Crippen LogP contribution in [0.5, 0.6) is 0 Å². The third-order valence-corrected chi connectivity index (χ3v) is 5.48. The molecule has 0 bridgehead atoms. The molecule has 0 aromatic rings. The van der Waals surface area contributed by atoms with E-state index >= 15 is 0 Å². The minimum atomic E-state index is -3.49. The van der Waals surface area contributed by atoms with Crippen molar-refractivity contribution in [3.05, 3.63) is 0 Å². The zero-order valence-corrected chi connectivity index (χ0v) is 13.1. The number of hydrogen-bond acceptors (Lipinski definition) is 4. The average Bonchev–Trinajstić information content (AvgIpc) is 2.67. The third kappa shape index (κ3) is 3.93. The van der Waals surface area contributed by atoms with Gasteiger partial charge in [0.05, 0.1) is 5.75 Å². The molecule has 1 unspecified atom stereocenters. The lowest BCUT2D eigenvalue weighted by molar-refractivity contribution is -0.130. The number of carbonyl (C=O) groups is 1. The standard InChI is InChI=1S/C13H25N3O3S/c1-15(2)11-3-5-12(6-4-11)16-8-10(7-13(16)17)9-20(14,18)19/h10-12H,3-9H2,1-2H3,(H2,14,18,19). The summed E-state index contributed by atoms with van der Waals surface area (Å²) in [5.74, 6) is -0.126. The van der Waals surface area contributed by atoms with Crippen LogP contribution >= 0.6 is 0 Å². The molecule has 0 radical (unpaired) electrons. The van der Waals surface area contributed by atoms with Crippen LogP contribution < -0.4 is 5.14 Å². The molecule has 1 aliphatic heterocycles. The van der Waals surface area contributed by atoms with Gasteiger partial charge in [0.2, 0.25) is 15.9 Å². The summed E-state index contributed by atoms with van der Waals surface area (Å²) < 4.78 is 22.3. The number of likely N-dealkylation sites (tertiary alicyclic amines) is 1. The molecule has 0 aromatic heterocycles. The molecular weight excluding hydrogens is 278 g/mol. The zero-order chi connectivity index (χ0) is 14.9. The molecule has 7 heteroatoms. The highest BCUT2D eigenvalue weighted by atomic mass is 32.2. The molecule has 2 fully saturated rings. The first-order valence-corrected chi connectivity index (χ1v) is 8.94. The number of nitrogens with two attached hydrogens (primary N) is 1. The van der Waals surface area contributed by atoms with E-state index < -0.39 is 10.0 Å². The van der Waals surface area contributed by atoms with Crippen LogP contribution in [-0.2, 0) is 14.8 Å². The second-order valence-electron chi connectivity index (χ2n) is 6.37. The van der Waals surface area contributed by atoms with Gasteiger partial charge in [0, 0.05) is 31.0 Å². The van der Waals surface area contributed by atoms with Crippen LogP contribution in [0.4, 0.5) is 0 Å². The summed E-state index contributed by atoms with van der Waals surface area (Å²) in [6.07, 6.45) is 4.54. The van der Waals surface area contributed by atoms with Crippen LogP contribution in [-0.4, -0.2) is 62.6 Å². The van der Waals surface area contributed by atoms with E-state index in [4.69, 9.17) is 5.14 Å². The molecule has 116 valence electrons. The van der Waals surface area contributed by atoms with Crippen molar-refractivity contribution in [1.29, 1.82) is 0 Å². The molecule has 0 spiro atoms. The Balaban J connectivity index is 1.89. The molecule has 20 heavy (non-hydrogen) atoms. The van der Waals surface area contributed by atoms with Crippen molar-refractivity contribution in [2.45, 2.75) is 44.2 Å². The van der Waals surface area contributed by atoms with E-state index in [2.05, 4.69) is 19.0 Å². The first kappa shape index (κ1) is 15.7. The van der Waals surface area contributed by atoms with E-state index in [1.165, 1.54) is 0 Å². The molecule has 1 heterocycles. The van der Waals surface area contributed by atoms with Crippen LogP contribution in [0, 0.1) is 5.92 Å². The van der Waals surface area contributed by atoms with Gasteiger partial charge in [0.15, 0.2) is 0 Å². The van der Waals surface area contributed by atoms with Crippen molar-refractivity contribution in [1.82, 2.24) is 9.80 Å². The SMILES string of the molecule is CN(C)C1CCC(N2CC(CS(N)(=O)=O)CC2=O)CC1. The Labute approximate surface area is 121 Å². The fraction of sp³-hybridized carbons (Fsp3) is 0.923. The Bertz CT molecular complexity index is 455. The zero-order valence-electron chi connectivity index (χ0n) is 12.3. The van der Waals surface area contributed by atoms with E-state index in [0.717, 1.165) is 25.7 Å². The first-order valence-electron chi connectivity index (χ1n) is 7.22. The Morgan fingerprint density at radius 2 is 1.85 bits per heavy atom. The molecule has 1 aliphatic carbocycles. The first-order chi connectivity index (χ1) is 9.26. The Morgan fingerprint density at radius 1 is 1.25 bits per heavy atom. The van der Waals surface area contributed by atoms with Crippen molar-refractivity contribution in [3.63, 3.8) is 0 Å². The lowest BCUT2D eigenvalue weighted by Crippen LogP contribution is -2.43. The largest absolute Gasteiger partial charge is 0.339 e. The Hall–Kier alpha value is -0.660. The van der Waals surface area contributed by atoms with Crippen molar-refractivity contribution in [3.8, 4) is 0 Å². The highest BCUT2D eigenvalue weighted by Crippen LogP contribution is 2.30. The number of carbonyl (C=O) groups excluding carboxylic acids is 1. The number of amides is 1. The van der Waals surface area contributed by atoms with Gasteiger partial charge in [-0.1, -0.05) is 0 Å². The van der Waals surface area contributed by atoms with E-state index in [9.17, 15) is 13.2 Å². The fourth-order valence-corrected chi connectivity index (χ4v) is 4.37. The predicted octanol–water partition coefficient (Wildman–Crippen LogP) is -0.00380. The van der Waals surface area contributed by atoms with Gasteiger partial charge in [0.1, 0.15) is 0 Å². The Morgan fingerprint density at radius 3 is 2.35 bits per heavy atom. The summed E-state index contributed by atoms with van der Waals surface area (Å²) in [4.78, 5) is 16.2. The third-order valence-electron chi connectivity index (χ3n) is 4.54. The van der Waals surface area contributed by atoms with Gasteiger partial charge < -0.3 is 9.80 Å². The fourth-order valence-electron chi connectivity index (χ4n) is 3.49. The van der Waals surface area contributed by atoms with Crippen LogP contribution in [0.2, 0.25) is 0 Å². The molecule has 1 amide bonds. The predicted molar refractivity (Wildman–Crippen MR) is 77.5 cm³/mol. The van der Waals surface area contributed by atoms with Crippen molar-refractivity contribution < 1.29 is 13.2 Å². The van der Waals surface area contributed by atoms with Gasteiger partial charge in [-0.05, 0) is 39.8 Å². The highest BCUT2D eigenvalue weighted by molar-refractivity contribution is 7.89. The van der Waals surface area contributed by atoms with Gasteiger partial charge in [0.25, 0.3) is 0 Å². The van der Waals surface area contributed by atoms with Gasteiger partial charge in [-0.3, -0.25) is 4.79 Å². The van der Waals surface area contributed by atoms with Gasteiger partial charge in [-0.15, -0.1) is 0 Å². The van der Waals surface area contributed by atoms with Gasteiger partial charge in [-0.25, -0.2) is 13.6 Å². The number of primary sulfonamides is 1. The number of rotatable bonds is 4. The summed E-state index contributed by atoms with van der Waals surface area (Å²) in [6.45, 7) is 0.548. The second-order valence-corrected chi connectivity index (χ2v) is 8.03. The molecule has 2 aliphatic rings. The highest BCUT2D eigenvalue weighted by Gasteiger charge is 2.37. The normalized spacial score (nSPS) is 32.1. The maximum absolute atomic E-state index is 12.1. The summed E-state index contributed by atoms with van der Waals surface area (Å²) >= 11 is 0. The van der Waals surface area contributed by atoms with E-state index in [0.29, 0.717) is 19.0 Å². The summed E-state index contributed by atoms with van der Waals surface area (Å²) in [6, 6.07) is 0.883. The second kappa shape index (κ2) is 5.99. The summed E-state index contributed by atoms with van der Waals surface area (Å²) in [5.41, 5.74) is 0. The van der Waals surface area contributed by atoms with Crippen LogP contribution in [0.25, 0.3) is 0 Å². The van der Waals surface area contributed by atoms with Crippen molar-refractivity contribution in [2.24, 2.45) is 11.1 Å². The van der Waals surface area contributed by atoms with Gasteiger partial charge >= 0.3 is 0 Å². The number of hydrogen-bond donors (Lipinski definition) is 1. The van der Waals surface area contributed by atoms with Crippen molar-refractivity contribution in [2.75, 3.05) is 26.4 Å². The maximum atomic E-state index is 12.1. The molecule has 6 nitrogen and oxygen atoms in total. The monoisotopic (exact) mass is 303 g/mol. The van der Waals surface area contributed by atoms with Crippen molar-refractivity contribution >= 4 is 15.9 Å². The lowest BCUT2D eigenvalue weighted by Gasteiger charge is -2.37. The summed E-state index contributed by atoms with van der Waals surface area (Å²) in [5, 5.41) is 5.07. The minimum absolute atomic E-state index is 0.0811. The molecular formula is C13H25N3O3S.